The lowest BCUT2D eigenvalue weighted by Crippen LogP contribution is -2.42. The number of benzene rings is 1. The topological polar surface area (TPSA) is 15.3 Å². The minimum atomic E-state index is 0.529. The zero-order valence-corrected chi connectivity index (χ0v) is 14.4. The molecule has 0 spiro atoms. The molecule has 0 bridgehead atoms. The molecular formula is C19H32N2. The summed E-state index contributed by atoms with van der Waals surface area (Å²) in [6.45, 7) is 8.12. The molecule has 21 heavy (non-hydrogen) atoms. The highest BCUT2D eigenvalue weighted by atomic mass is 15.1. The second kappa shape index (κ2) is 7.42. The first-order chi connectivity index (χ1) is 9.97. The normalized spacial score (nSPS) is 23.4. The van der Waals surface area contributed by atoms with E-state index < -0.39 is 0 Å². The van der Waals surface area contributed by atoms with E-state index in [0.29, 0.717) is 18.0 Å². The summed E-state index contributed by atoms with van der Waals surface area (Å²) >= 11 is 0. The first-order valence-electron chi connectivity index (χ1n) is 8.47. The van der Waals surface area contributed by atoms with Crippen molar-refractivity contribution < 1.29 is 0 Å². The van der Waals surface area contributed by atoms with Crippen LogP contribution in [0, 0.1) is 5.92 Å². The van der Waals surface area contributed by atoms with E-state index in [9.17, 15) is 0 Å². The van der Waals surface area contributed by atoms with E-state index in [1.807, 2.05) is 0 Å². The minimum absolute atomic E-state index is 0.529. The van der Waals surface area contributed by atoms with E-state index >= 15 is 0 Å². The average Bonchev–Trinajstić information content (AvgIpc) is 2.41. The second-order valence-electron chi connectivity index (χ2n) is 7.42. The van der Waals surface area contributed by atoms with E-state index in [1.165, 1.54) is 24.8 Å². The number of likely N-dealkylation sites (N-methyl/N-ethyl adjacent to an activating group) is 1. The Kier molecular flexibility index (Phi) is 5.83. The number of fused-ring (bicyclic) bond motifs is 1. The molecule has 1 aliphatic rings. The summed E-state index contributed by atoms with van der Waals surface area (Å²) in [6.07, 6.45) is 3.80. The molecule has 0 fully saturated rings. The quantitative estimate of drug-likeness (QED) is 0.844. The Labute approximate surface area is 130 Å². The standard InChI is InChI=1S/C19H32N2/c1-14(2)12-16(13-21(4)5)20-19-11-10-15(3)17-8-6-7-9-18(17)19/h6-9,14-16,19-20H,10-13H2,1-5H3. The third-order valence-electron chi connectivity index (χ3n) is 4.57. The predicted octanol–water partition coefficient (Wildman–Crippen LogP) is 4.19. The fraction of sp³-hybridized carbons (Fsp3) is 0.684. The molecule has 0 saturated carbocycles. The van der Waals surface area contributed by atoms with Gasteiger partial charge in [0.25, 0.3) is 0 Å². The Morgan fingerprint density at radius 2 is 1.81 bits per heavy atom. The highest BCUT2D eigenvalue weighted by Crippen LogP contribution is 2.37. The smallest absolute Gasteiger partial charge is 0.0326 e. The monoisotopic (exact) mass is 288 g/mol. The van der Waals surface area contributed by atoms with E-state index in [0.717, 1.165) is 12.5 Å². The third-order valence-corrected chi connectivity index (χ3v) is 4.57. The first kappa shape index (κ1) is 16.5. The van der Waals surface area contributed by atoms with Crippen LogP contribution in [0.25, 0.3) is 0 Å². The lowest BCUT2D eigenvalue weighted by molar-refractivity contribution is 0.274. The van der Waals surface area contributed by atoms with Gasteiger partial charge >= 0.3 is 0 Å². The molecule has 0 amide bonds. The van der Waals surface area contributed by atoms with Crippen LogP contribution in [0.15, 0.2) is 24.3 Å². The van der Waals surface area contributed by atoms with Crippen LogP contribution in [0.4, 0.5) is 0 Å². The number of hydrogen-bond donors (Lipinski definition) is 1. The van der Waals surface area contributed by atoms with Crippen LogP contribution in [0.3, 0.4) is 0 Å². The SMILES string of the molecule is CC(C)CC(CN(C)C)NC1CCC(C)c2ccccc21. The highest BCUT2D eigenvalue weighted by Gasteiger charge is 2.26. The van der Waals surface area contributed by atoms with Crippen LogP contribution >= 0.6 is 0 Å². The van der Waals surface area contributed by atoms with Crippen molar-refractivity contribution in [2.24, 2.45) is 5.92 Å². The molecule has 0 saturated heterocycles. The maximum Gasteiger partial charge on any atom is 0.0326 e. The summed E-state index contributed by atoms with van der Waals surface area (Å²) in [6, 6.07) is 10.1. The van der Waals surface area contributed by atoms with Gasteiger partial charge in [0.15, 0.2) is 0 Å². The molecular weight excluding hydrogens is 256 g/mol. The summed E-state index contributed by atoms with van der Waals surface area (Å²) in [4.78, 5) is 2.30. The molecule has 2 rings (SSSR count). The van der Waals surface area contributed by atoms with Gasteiger partial charge in [0.1, 0.15) is 0 Å². The molecule has 118 valence electrons. The minimum Gasteiger partial charge on any atom is -0.308 e. The maximum absolute atomic E-state index is 3.95. The largest absolute Gasteiger partial charge is 0.308 e. The Balaban J connectivity index is 2.12. The van der Waals surface area contributed by atoms with Crippen LogP contribution in [0.1, 0.15) is 63.1 Å². The van der Waals surface area contributed by atoms with Crippen molar-refractivity contribution in [1.82, 2.24) is 10.2 Å². The zero-order chi connectivity index (χ0) is 15.4. The molecule has 2 heteroatoms. The molecule has 0 aromatic heterocycles. The molecule has 1 N–H and O–H groups in total. The van der Waals surface area contributed by atoms with Gasteiger partial charge in [-0.2, -0.15) is 0 Å². The average molecular weight is 288 g/mol. The molecule has 2 nitrogen and oxygen atoms in total. The van der Waals surface area contributed by atoms with Gasteiger partial charge in [-0.1, -0.05) is 45.0 Å². The van der Waals surface area contributed by atoms with Crippen molar-refractivity contribution in [3.05, 3.63) is 35.4 Å². The van der Waals surface area contributed by atoms with Crippen molar-refractivity contribution in [3.8, 4) is 0 Å². The second-order valence-corrected chi connectivity index (χ2v) is 7.42. The Bertz CT molecular complexity index is 429. The van der Waals surface area contributed by atoms with Crippen LogP contribution in [0.5, 0.6) is 0 Å². The molecule has 3 atom stereocenters. The summed E-state index contributed by atoms with van der Waals surface area (Å²) in [5.41, 5.74) is 3.08. The summed E-state index contributed by atoms with van der Waals surface area (Å²) in [5, 5.41) is 3.95. The number of nitrogens with one attached hydrogen (secondary N) is 1. The first-order valence-corrected chi connectivity index (χ1v) is 8.47. The molecule has 1 aliphatic carbocycles. The molecule has 0 aliphatic heterocycles. The van der Waals surface area contributed by atoms with Crippen molar-refractivity contribution in [3.63, 3.8) is 0 Å². The molecule has 0 radical (unpaired) electrons. The van der Waals surface area contributed by atoms with Gasteiger partial charge in [0.05, 0.1) is 0 Å². The Morgan fingerprint density at radius 1 is 1.14 bits per heavy atom. The number of rotatable bonds is 6. The van der Waals surface area contributed by atoms with Crippen LogP contribution in [0.2, 0.25) is 0 Å². The third kappa shape index (κ3) is 4.55. The maximum atomic E-state index is 3.95. The Hall–Kier alpha value is -0.860. The molecule has 3 unspecified atom stereocenters. The van der Waals surface area contributed by atoms with Crippen molar-refractivity contribution >= 4 is 0 Å². The van der Waals surface area contributed by atoms with E-state index in [2.05, 4.69) is 69.3 Å². The van der Waals surface area contributed by atoms with Crippen LogP contribution in [-0.2, 0) is 0 Å². The van der Waals surface area contributed by atoms with Gasteiger partial charge in [-0.3, -0.25) is 0 Å². The van der Waals surface area contributed by atoms with Gasteiger partial charge in [-0.05, 0) is 56.3 Å². The lowest BCUT2D eigenvalue weighted by Gasteiger charge is -2.34. The zero-order valence-electron chi connectivity index (χ0n) is 14.4. The van der Waals surface area contributed by atoms with E-state index in [1.54, 1.807) is 5.56 Å². The number of hydrogen-bond acceptors (Lipinski definition) is 2. The van der Waals surface area contributed by atoms with E-state index in [-0.39, 0.29) is 0 Å². The van der Waals surface area contributed by atoms with Gasteiger partial charge in [-0.15, -0.1) is 0 Å². The van der Waals surface area contributed by atoms with Crippen molar-refractivity contribution in [2.75, 3.05) is 20.6 Å². The molecule has 1 aromatic carbocycles. The predicted molar refractivity (Wildman–Crippen MR) is 91.8 cm³/mol. The lowest BCUT2D eigenvalue weighted by atomic mass is 9.80. The van der Waals surface area contributed by atoms with Crippen molar-refractivity contribution in [1.29, 1.82) is 0 Å². The van der Waals surface area contributed by atoms with E-state index in [4.69, 9.17) is 0 Å². The van der Waals surface area contributed by atoms with Gasteiger partial charge < -0.3 is 10.2 Å². The van der Waals surface area contributed by atoms with Crippen LogP contribution < -0.4 is 5.32 Å². The summed E-state index contributed by atoms with van der Waals surface area (Å²) in [5.74, 6) is 1.44. The van der Waals surface area contributed by atoms with Gasteiger partial charge in [0.2, 0.25) is 0 Å². The fourth-order valence-electron chi connectivity index (χ4n) is 3.67. The fourth-order valence-corrected chi connectivity index (χ4v) is 3.67. The molecule has 0 heterocycles. The Morgan fingerprint density at radius 3 is 2.43 bits per heavy atom. The number of nitrogens with zero attached hydrogens (tertiary/aromatic N) is 1. The summed E-state index contributed by atoms with van der Waals surface area (Å²) < 4.78 is 0. The van der Waals surface area contributed by atoms with Crippen molar-refractivity contribution in [2.45, 2.75) is 58.0 Å². The highest BCUT2D eigenvalue weighted by molar-refractivity contribution is 5.35. The van der Waals surface area contributed by atoms with Gasteiger partial charge in [0, 0.05) is 18.6 Å². The molecule has 1 aromatic rings. The van der Waals surface area contributed by atoms with Crippen LogP contribution in [-0.4, -0.2) is 31.6 Å². The van der Waals surface area contributed by atoms with Gasteiger partial charge in [-0.25, -0.2) is 0 Å². The summed E-state index contributed by atoms with van der Waals surface area (Å²) in [7, 11) is 4.35.